The Morgan fingerprint density at radius 2 is 2.10 bits per heavy atom. The van der Waals surface area contributed by atoms with E-state index in [0.717, 1.165) is 11.3 Å². The fraction of sp³-hybridized carbons (Fsp3) is 0.267. The summed E-state index contributed by atoms with van der Waals surface area (Å²) in [4.78, 5) is 29.8. The van der Waals surface area contributed by atoms with Crippen LogP contribution in [-0.4, -0.2) is 34.2 Å². The number of nitrogens with two attached hydrogens (primary N) is 1. The van der Waals surface area contributed by atoms with Crippen LogP contribution in [0.25, 0.3) is 0 Å². The largest absolute Gasteiger partial charge is 0.348 e. The molecule has 1 aromatic carbocycles. The summed E-state index contributed by atoms with van der Waals surface area (Å²) in [5.41, 5.74) is 7.64. The fourth-order valence-corrected chi connectivity index (χ4v) is 2.02. The van der Waals surface area contributed by atoms with E-state index in [-0.39, 0.29) is 5.91 Å². The molecule has 0 aliphatic rings. The average Bonchev–Trinajstić information content (AvgIpc) is 3.00. The molecule has 0 aliphatic heterocycles. The van der Waals surface area contributed by atoms with Gasteiger partial charge in [0.05, 0.1) is 18.4 Å². The van der Waals surface area contributed by atoms with Crippen LogP contribution in [-0.2, 0) is 22.4 Å². The summed E-state index contributed by atoms with van der Waals surface area (Å²) in [5, 5.41) is 2.65. The monoisotopic (exact) mass is 286 g/mol. The van der Waals surface area contributed by atoms with Crippen molar-refractivity contribution in [1.82, 2.24) is 15.3 Å². The van der Waals surface area contributed by atoms with Crippen LogP contribution in [0.15, 0.2) is 42.9 Å². The summed E-state index contributed by atoms with van der Waals surface area (Å²) in [7, 11) is 0. The highest BCUT2D eigenvalue weighted by atomic mass is 16.2. The third-order valence-corrected chi connectivity index (χ3v) is 3.12. The van der Waals surface area contributed by atoms with Crippen LogP contribution in [0.3, 0.4) is 0 Å². The number of nitrogens with zero attached hydrogens (tertiary/aromatic N) is 1. The number of nitrogens with one attached hydrogen (secondary N) is 2. The van der Waals surface area contributed by atoms with Gasteiger partial charge in [0, 0.05) is 18.3 Å². The normalized spacial score (nSPS) is 13.4. The summed E-state index contributed by atoms with van der Waals surface area (Å²) >= 11 is 0. The Labute approximate surface area is 122 Å². The second kappa shape index (κ2) is 7.35. The third-order valence-electron chi connectivity index (χ3n) is 3.12. The molecule has 110 valence electrons. The van der Waals surface area contributed by atoms with Gasteiger partial charge in [0.2, 0.25) is 5.91 Å². The molecule has 4 N–H and O–H groups in total. The van der Waals surface area contributed by atoms with E-state index in [1.165, 1.54) is 6.33 Å². The second-order valence-electron chi connectivity index (χ2n) is 4.83. The Hall–Kier alpha value is -2.47. The first-order valence-electron chi connectivity index (χ1n) is 6.71. The van der Waals surface area contributed by atoms with E-state index in [0.29, 0.717) is 19.1 Å². The number of hydrogen-bond acceptors (Lipinski definition) is 4. The van der Waals surface area contributed by atoms with E-state index >= 15 is 0 Å². The van der Waals surface area contributed by atoms with E-state index in [2.05, 4.69) is 15.3 Å². The van der Waals surface area contributed by atoms with Crippen LogP contribution in [0.1, 0.15) is 11.3 Å². The summed E-state index contributed by atoms with van der Waals surface area (Å²) < 4.78 is 0. The van der Waals surface area contributed by atoms with Gasteiger partial charge in [-0.25, -0.2) is 4.98 Å². The van der Waals surface area contributed by atoms with Gasteiger partial charge in [0.25, 0.3) is 0 Å². The van der Waals surface area contributed by atoms with Gasteiger partial charge in [0.15, 0.2) is 0 Å². The molecule has 1 amide bonds. The van der Waals surface area contributed by atoms with Gasteiger partial charge in [0.1, 0.15) is 6.29 Å². The summed E-state index contributed by atoms with van der Waals surface area (Å²) in [5.74, 6) is -0.338. The maximum Gasteiger partial charge on any atom is 0.237 e. The van der Waals surface area contributed by atoms with Crippen molar-refractivity contribution < 1.29 is 9.59 Å². The van der Waals surface area contributed by atoms with Crippen molar-refractivity contribution in [3.8, 4) is 0 Å². The molecular weight excluding hydrogens is 268 g/mol. The molecule has 2 aromatic rings. The number of aldehydes is 1. The SMILES string of the molecule is N[C@H](Cc1ccccc1)C(=O)N[C@@H](C=O)Cc1cnc[nH]1. The van der Waals surface area contributed by atoms with Gasteiger partial charge in [-0.3, -0.25) is 4.79 Å². The molecule has 2 rings (SSSR count). The van der Waals surface area contributed by atoms with Crippen LogP contribution >= 0.6 is 0 Å². The maximum atomic E-state index is 12.0. The first-order chi connectivity index (χ1) is 10.2. The highest BCUT2D eigenvalue weighted by Gasteiger charge is 2.18. The minimum atomic E-state index is -0.684. The standard InChI is InChI=1S/C15H18N4O2/c16-14(6-11-4-2-1-3-5-11)15(21)19-13(9-20)7-12-8-17-10-18-12/h1-5,8-10,13-14H,6-7,16H2,(H,17,18)(H,19,21)/t13-,14-/m1/s1. The van der Waals surface area contributed by atoms with Crippen LogP contribution in [0.4, 0.5) is 0 Å². The van der Waals surface area contributed by atoms with Crippen molar-refractivity contribution in [2.75, 3.05) is 0 Å². The molecular formula is C15H18N4O2. The Balaban J connectivity index is 1.88. The number of aromatic amines is 1. The molecule has 0 aliphatic carbocycles. The summed E-state index contributed by atoms with van der Waals surface area (Å²) in [6.45, 7) is 0. The molecule has 2 atom stereocenters. The van der Waals surface area contributed by atoms with E-state index < -0.39 is 12.1 Å². The minimum Gasteiger partial charge on any atom is -0.348 e. The number of imidazole rings is 1. The molecule has 0 radical (unpaired) electrons. The van der Waals surface area contributed by atoms with Crippen molar-refractivity contribution in [3.05, 3.63) is 54.1 Å². The number of carbonyl (C=O) groups excluding carboxylic acids is 2. The predicted octanol–water partition coefficient (Wildman–Crippen LogP) is 0.206. The lowest BCUT2D eigenvalue weighted by molar-refractivity contribution is -0.125. The van der Waals surface area contributed by atoms with Crippen LogP contribution < -0.4 is 11.1 Å². The minimum absolute atomic E-state index is 0.338. The van der Waals surface area contributed by atoms with Gasteiger partial charge in [-0.05, 0) is 12.0 Å². The zero-order valence-electron chi connectivity index (χ0n) is 11.5. The van der Waals surface area contributed by atoms with E-state index in [9.17, 15) is 9.59 Å². The highest BCUT2D eigenvalue weighted by molar-refractivity contribution is 5.84. The molecule has 0 fully saturated rings. The van der Waals surface area contributed by atoms with Gasteiger partial charge >= 0.3 is 0 Å². The molecule has 0 saturated heterocycles. The van der Waals surface area contributed by atoms with Gasteiger partial charge in [-0.15, -0.1) is 0 Å². The van der Waals surface area contributed by atoms with Crippen molar-refractivity contribution in [2.45, 2.75) is 24.9 Å². The predicted molar refractivity (Wildman–Crippen MR) is 78.4 cm³/mol. The lowest BCUT2D eigenvalue weighted by atomic mass is 10.1. The molecule has 0 bridgehead atoms. The van der Waals surface area contributed by atoms with Crippen LogP contribution in [0.5, 0.6) is 0 Å². The Morgan fingerprint density at radius 1 is 1.33 bits per heavy atom. The highest BCUT2D eigenvalue weighted by Crippen LogP contribution is 2.03. The second-order valence-corrected chi connectivity index (χ2v) is 4.83. The molecule has 0 saturated carbocycles. The molecule has 21 heavy (non-hydrogen) atoms. The average molecular weight is 286 g/mol. The van der Waals surface area contributed by atoms with Crippen LogP contribution in [0, 0.1) is 0 Å². The third kappa shape index (κ3) is 4.54. The van der Waals surface area contributed by atoms with Gasteiger partial charge < -0.3 is 20.8 Å². The fourth-order valence-electron chi connectivity index (χ4n) is 2.02. The quantitative estimate of drug-likeness (QED) is 0.633. The number of H-pyrrole nitrogens is 1. The maximum absolute atomic E-state index is 12.0. The molecule has 6 nitrogen and oxygen atoms in total. The van der Waals surface area contributed by atoms with Crippen LogP contribution in [0.2, 0.25) is 0 Å². The Kier molecular flexibility index (Phi) is 5.22. The van der Waals surface area contributed by atoms with Crippen molar-refractivity contribution >= 4 is 12.2 Å². The Morgan fingerprint density at radius 3 is 2.71 bits per heavy atom. The number of aromatic nitrogens is 2. The molecule has 1 aromatic heterocycles. The summed E-state index contributed by atoms with van der Waals surface area (Å²) in [6.07, 6.45) is 4.65. The first kappa shape index (κ1) is 14.9. The number of hydrogen-bond donors (Lipinski definition) is 3. The number of carbonyl (C=O) groups is 2. The molecule has 0 spiro atoms. The summed E-state index contributed by atoms with van der Waals surface area (Å²) in [6, 6.07) is 8.22. The Bertz CT molecular complexity index is 569. The van der Waals surface area contributed by atoms with Crippen molar-refractivity contribution in [1.29, 1.82) is 0 Å². The van der Waals surface area contributed by atoms with Gasteiger partial charge in [-0.1, -0.05) is 30.3 Å². The lowest BCUT2D eigenvalue weighted by Gasteiger charge is -2.16. The number of benzene rings is 1. The molecule has 0 unspecified atom stereocenters. The molecule has 6 heteroatoms. The number of rotatable bonds is 7. The van der Waals surface area contributed by atoms with E-state index in [1.807, 2.05) is 30.3 Å². The topological polar surface area (TPSA) is 101 Å². The zero-order valence-corrected chi connectivity index (χ0v) is 11.5. The first-order valence-corrected chi connectivity index (χ1v) is 6.71. The zero-order chi connectivity index (χ0) is 15.1. The van der Waals surface area contributed by atoms with Gasteiger partial charge in [-0.2, -0.15) is 0 Å². The van der Waals surface area contributed by atoms with E-state index in [1.54, 1.807) is 6.20 Å². The number of amides is 1. The lowest BCUT2D eigenvalue weighted by Crippen LogP contribution is -2.47. The molecule has 1 heterocycles. The smallest absolute Gasteiger partial charge is 0.237 e. The van der Waals surface area contributed by atoms with Crippen molar-refractivity contribution in [3.63, 3.8) is 0 Å². The van der Waals surface area contributed by atoms with E-state index in [4.69, 9.17) is 5.73 Å². The van der Waals surface area contributed by atoms with Crippen molar-refractivity contribution in [2.24, 2.45) is 5.73 Å².